The summed E-state index contributed by atoms with van der Waals surface area (Å²) in [4.78, 5) is 4.68. The van der Waals surface area contributed by atoms with Crippen molar-refractivity contribution in [3.8, 4) is 11.5 Å². The Morgan fingerprint density at radius 3 is 2.70 bits per heavy atom. The fourth-order valence-electron chi connectivity index (χ4n) is 2.92. The molecule has 5 heteroatoms. The van der Waals surface area contributed by atoms with E-state index in [1.54, 1.807) is 0 Å². The van der Waals surface area contributed by atoms with Crippen LogP contribution < -0.4 is 15.2 Å². The first-order valence-electron chi connectivity index (χ1n) is 7.19. The van der Waals surface area contributed by atoms with E-state index < -0.39 is 0 Å². The maximum atomic E-state index is 6.49. The molecule has 2 heterocycles. The van der Waals surface area contributed by atoms with Gasteiger partial charge in [0, 0.05) is 31.7 Å². The van der Waals surface area contributed by atoms with Crippen molar-refractivity contribution in [3.05, 3.63) is 23.8 Å². The number of benzene rings is 1. The Kier molecular flexibility index (Phi) is 3.83. The summed E-state index contributed by atoms with van der Waals surface area (Å²) in [6.45, 7) is 4.37. The van der Waals surface area contributed by atoms with E-state index in [1.807, 2.05) is 12.1 Å². The Bertz CT molecular complexity index is 480. The lowest BCUT2D eigenvalue weighted by Gasteiger charge is -2.41. The Morgan fingerprint density at radius 2 is 1.90 bits per heavy atom. The highest BCUT2D eigenvalue weighted by molar-refractivity contribution is 5.45. The van der Waals surface area contributed by atoms with Crippen LogP contribution >= 0.6 is 0 Å². The maximum absolute atomic E-state index is 6.49. The number of piperazine rings is 1. The molecule has 1 aromatic carbocycles. The second kappa shape index (κ2) is 5.60. The number of nitrogens with two attached hydrogens (primary N) is 1. The van der Waals surface area contributed by atoms with E-state index in [9.17, 15) is 0 Å². The van der Waals surface area contributed by atoms with Gasteiger partial charge in [-0.05, 0) is 31.8 Å². The number of fused-ring (bicyclic) bond motifs is 1. The molecule has 2 atom stereocenters. The average Bonchev–Trinajstić information content (AvgIpc) is 2.48. The molecule has 20 heavy (non-hydrogen) atoms. The van der Waals surface area contributed by atoms with Gasteiger partial charge < -0.3 is 20.1 Å². The van der Waals surface area contributed by atoms with E-state index in [1.165, 1.54) is 0 Å². The van der Waals surface area contributed by atoms with E-state index >= 15 is 0 Å². The zero-order valence-electron chi connectivity index (χ0n) is 12.2. The summed E-state index contributed by atoms with van der Waals surface area (Å²) in [7, 11) is 4.30. The normalized spacial score (nSPS) is 25.4. The van der Waals surface area contributed by atoms with E-state index in [0.29, 0.717) is 19.3 Å². The summed E-state index contributed by atoms with van der Waals surface area (Å²) in [6.07, 6.45) is 0. The van der Waals surface area contributed by atoms with Gasteiger partial charge in [0.1, 0.15) is 13.2 Å². The smallest absolute Gasteiger partial charge is 0.161 e. The molecule has 0 radical (unpaired) electrons. The molecule has 1 saturated heterocycles. The molecule has 2 aliphatic rings. The maximum Gasteiger partial charge on any atom is 0.161 e. The van der Waals surface area contributed by atoms with Gasteiger partial charge >= 0.3 is 0 Å². The number of likely N-dealkylation sites (N-methyl/N-ethyl adjacent to an activating group) is 2. The number of nitrogens with zero attached hydrogens (tertiary/aromatic N) is 2. The second-order valence-electron chi connectivity index (χ2n) is 5.74. The lowest BCUT2D eigenvalue weighted by atomic mass is 9.97. The van der Waals surface area contributed by atoms with Gasteiger partial charge in [0.25, 0.3) is 0 Å². The molecule has 1 fully saturated rings. The Morgan fingerprint density at radius 1 is 1.15 bits per heavy atom. The molecule has 0 spiro atoms. The third-order valence-electron chi connectivity index (χ3n) is 4.26. The number of hydrogen-bond acceptors (Lipinski definition) is 5. The van der Waals surface area contributed by atoms with Crippen LogP contribution in [-0.4, -0.2) is 62.8 Å². The Labute approximate surface area is 120 Å². The highest BCUT2D eigenvalue weighted by atomic mass is 16.6. The molecule has 2 unspecified atom stereocenters. The van der Waals surface area contributed by atoms with E-state index in [0.717, 1.165) is 36.7 Å². The molecule has 0 aromatic heterocycles. The van der Waals surface area contributed by atoms with E-state index in [-0.39, 0.29) is 6.04 Å². The molecular formula is C15H23N3O2. The molecule has 1 aromatic rings. The van der Waals surface area contributed by atoms with Crippen LogP contribution in [0.15, 0.2) is 18.2 Å². The summed E-state index contributed by atoms with van der Waals surface area (Å²) in [6, 6.07) is 6.37. The molecule has 0 bridgehead atoms. The minimum absolute atomic E-state index is 0.0152. The van der Waals surface area contributed by atoms with Crippen molar-refractivity contribution in [1.29, 1.82) is 0 Å². The van der Waals surface area contributed by atoms with Crippen LogP contribution in [0.25, 0.3) is 0 Å². The van der Waals surface area contributed by atoms with Crippen molar-refractivity contribution >= 4 is 0 Å². The molecule has 0 amide bonds. The lowest BCUT2D eigenvalue weighted by molar-refractivity contribution is 0.0972. The average molecular weight is 277 g/mol. The molecule has 0 saturated carbocycles. The van der Waals surface area contributed by atoms with Crippen LogP contribution in [0.5, 0.6) is 11.5 Å². The van der Waals surface area contributed by atoms with Crippen LogP contribution in [0.2, 0.25) is 0 Å². The van der Waals surface area contributed by atoms with Gasteiger partial charge in [-0.25, -0.2) is 0 Å². The fraction of sp³-hybridized carbons (Fsp3) is 0.600. The second-order valence-corrected chi connectivity index (χ2v) is 5.74. The van der Waals surface area contributed by atoms with Gasteiger partial charge in [-0.15, -0.1) is 0 Å². The first kappa shape index (κ1) is 13.7. The first-order chi connectivity index (χ1) is 9.65. The summed E-state index contributed by atoms with van der Waals surface area (Å²) in [5.74, 6) is 1.64. The Balaban J connectivity index is 1.80. The summed E-state index contributed by atoms with van der Waals surface area (Å²) in [5, 5.41) is 0. The fourth-order valence-corrected chi connectivity index (χ4v) is 2.92. The SMILES string of the molecule is CN1CCN(C)C(C(N)c2ccc3c(c2)OCCO3)C1. The van der Waals surface area contributed by atoms with E-state index in [4.69, 9.17) is 15.2 Å². The number of hydrogen-bond donors (Lipinski definition) is 1. The highest BCUT2D eigenvalue weighted by Gasteiger charge is 2.29. The van der Waals surface area contributed by atoms with Crippen molar-refractivity contribution < 1.29 is 9.47 Å². The predicted octanol–water partition coefficient (Wildman–Crippen LogP) is 0.703. The van der Waals surface area contributed by atoms with Gasteiger partial charge in [-0.2, -0.15) is 0 Å². The van der Waals surface area contributed by atoms with Gasteiger partial charge in [-0.1, -0.05) is 6.07 Å². The molecule has 2 aliphatic heterocycles. The quantitative estimate of drug-likeness (QED) is 0.862. The Hall–Kier alpha value is -1.30. The molecule has 5 nitrogen and oxygen atoms in total. The van der Waals surface area contributed by atoms with Gasteiger partial charge in [0.2, 0.25) is 0 Å². The number of ether oxygens (including phenoxy) is 2. The van der Waals surface area contributed by atoms with Crippen molar-refractivity contribution in [3.63, 3.8) is 0 Å². The summed E-state index contributed by atoms with van der Waals surface area (Å²) >= 11 is 0. The largest absolute Gasteiger partial charge is 0.486 e. The lowest BCUT2D eigenvalue weighted by Crippen LogP contribution is -2.54. The van der Waals surface area contributed by atoms with Gasteiger partial charge in [0.05, 0.1) is 0 Å². The third-order valence-corrected chi connectivity index (χ3v) is 4.26. The molecule has 110 valence electrons. The standard InChI is InChI=1S/C15H23N3O2/c1-17-5-6-18(2)12(10-17)15(16)11-3-4-13-14(9-11)20-8-7-19-13/h3-4,9,12,15H,5-8,10,16H2,1-2H3. The summed E-state index contributed by atoms with van der Waals surface area (Å²) in [5.41, 5.74) is 7.60. The highest BCUT2D eigenvalue weighted by Crippen LogP contribution is 2.33. The van der Waals surface area contributed by atoms with Crippen LogP contribution in [-0.2, 0) is 0 Å². The number of rotatable bonds is 2. The third kappa shape index (κ3) is 2.61. The zero-order chi connectivity index (χ0) is 14.1. The van der Waals surface area contributed by atoms with Crippen LogP contribution in [0, 0.1) is 0 Å². The minimum atomic E-state index is -0.0152. The molecule has 3 rings (SSSR count). The van der Waals surface area contributed by atoms with Crippen molar-refractivity contribution in [2.24, 2.45) is 5.73 Å². The van der Waals surface area contributed by atoms with Gasteiger partial charge in [0.15, 0.2) is 11.5 Å². The van der Waals surface area contributed by atoms with Crippen molar-refractivity contribution in [2.75, 3.05) is 46.9 Å². The monoisotopic (exact) mass is 277 g/mol. The molecular weight excluding hydrogens is 254 g/mol. The summed E-state index contributed by atoms with van der Waals surface area (Å²) < 4.78 is 11.2. The molecule has 0 aliphatic carbocycles. The topological polar surface area (TPSA) is 51.0 Å². The van der Waals surface area contributed by atoms with Crippen molar-refractivity contribution in [1.82, 2.24) is 9.80 Å². The first-order valence-corrected chi connectivity index (χ1v) is 7.19. The van der Waals surface area contributed by atoms with E-state index in [2.05, 4.69) is 30.0 Å². The predicted molar refractivity (Wildman–Crippen MR) is 78.3 cm³/mol. The van der Waals surface area contributed by atoms with Crippen LogP contribution in [0.4, 0.5) is 0 Å². The van der Waals surface area contributed by atoms with Gasteiger partial charge in [-0.3, -0.25) is 4.90 Å². The van der Waals surface area contributed by atoms with Crippen LogP contribution in [0.3, 0.4) is 0 Å². The zero-order valence-corrected chi connectivity index (χ0v) is 12.2. The van der Waals surface area contributed by atoms with Crippen molar-refractivity contribution in [2.45, 2.75) is 12.1 Å². The molecule has 2 N–H and O–H groups in total. The van der Waals surface area contributed by atoms with Crippen LogP contribution in [0.1, 0.15) is 11.6 Å². The minimum Gasteiger partial charge on any atom is -0.486 e.